The molecule has 1 aromatic heterocycles. The Morgan fingerprint density at radius 1 is 1.41 bits per heavy atom. The number of carbonyl (C=O) groups is 1. The van der Waals surface area contributed by atoms with Crippen LogP contribution in [0.2, 0.25) is 5.02 Å². The fraction of sp³-hybridized carbons (Fsp3) is 0.0909. The average Bonchev–Trinajstić information content (AvgIpc) is 2.82. The second-order valence-electron chi connectivity index (χ2n) is 3.32. The summed E-state index contributed by atoms with van der Waals surface area (Å²) in [6.07, 6.45) is 3.33. The number of nitrogens with zero attached hydrogens (tertiary/aromatic N) is 1. The van der Waals surface area contributed by atoms with Crippen LogP contribution in [0.25, 0.3) is 0 Å². The van der Waals surface area contributed by atoms with Crippen molar-refractivity contribution in [3.05, 3.63) is 47.5 Å². The van der Waals surface area contributed by atoms with Gasteiger partial charge in [-0.05, 0) is 12.1 Å². The van der Waals surface area contributed by atoms with Gasteiger partial charge in [0.05, 0.1) is 17.3 Å². The van der Waals surface area contributed by atoms with Gasteiger partial charge in [0.15, 0.2) is 0 Å². The highest BCUT2D eigenvalue weighted by molar-refractivity contribution is 6.33. The lowest BCUT2D eigenvalue weighted by Gasteiger charge is -2.07. The first-order valence-electron chi connectivity index (χ1n) is 5.03. The Kier molecular flexibility index (Phi) is 3.62. The van der Waals surface area contributed by atoms with Gasteiger partial charge in [0, 0.05) is 12.4 Å². The fourth-order valence-electron chi connectivity index (χ4n) is 1.29. The number of imidazole rings is 1. The number of amides is 2. The van der Waals surface area contributed by atoms with E-state index in [0.717, 1.165) is 0 Å². The Balaban J connectivity index is 1.87. The summed E-state index contributed by atoms with van der Waals surface area (Å²) in [5.74, 6) is 0.694. The molecule has 0 aliphatic heterocycles. The smallest absolute Gasteiger partial charge is 0.319 e. The molecule has 0 atom stereocenters. The molecule has 0 spiro atoms. The maximum atomic E-state index is 11.5. The molecule has 5 nitrogen and oxygen atoms in total. The Hall–Kier alpha value is -2.01. The van der Waals surface area contributed by atoms with Crippen molar-refractivity contribution in [2.24, 2.45) is 0 Å². The average molecular weight is 251 g/mol. The van der Waals surface area contributed by atoms with Gasteiger partial charge in [0.25, 0.3) is 0 Å². The van der Waals surface area contributed by atoms with Crippen LogP contribution in [0.5, 0.6) is 0 Å². The van der Waals surface area contributed by atoms with E-state index in [1.54, 1.807) is 36.7 Å². The minimum absolute atomic E-state index is 0.325. The van der Waals surface area contributed by atoms with Crippen molar-refractivity contribution >= 4 is 23.3 Å². The van der Waals surface area contributed by atoms with Gasteiger partial charge >= 0.3 is 6.03 Å². The predicted molar refractivity (Wildman–Crippen MR) is 65.9 cm³/mol. The molecule has 0 radical (unpaired) electrons. The summed E-state index contributed by atoms with van der Waals surface area (Å²) >= 11 is 5.91. The van der Waals surface area contributed by atoms with Gasteiger partial charge in [-0.2, -0.15) is 0 Å². The number of aromatic amines is 1. The third-order valence-electron chi connectivity index (χ3n) is 2.09. The number of H-pyrrole nitrogens is 1. The van der Waals surface area contributed by atoms with Gasteiger partial charge in [-0.1, -0.05) is 23.7 Å². The molecular formula is C11H11ClN4O. The Morgan fingerprint density at radius 2 is 2.24 bits per heavy atom. The Morgan fingerprint density at radius 3 is 2.94 bits per heavy atom. The molecule has 2 rings (SSSR count). The molecule has 0 bridgehead atoms. The SMILES string of the molecule is O=C(NCc1ncc[nH]1)Nc1ccccc1Cl. The summed E-state index contributed by atoms with van der Waals surface area (Å²) in [4.78, 5) is 18.4. The second-order valence-corrected chi connectivity index (χ2v) is 3.73. The van der Waals surface area contributed by atoms with Crippen LogP contribution in [0.1, 0.15) is 5.82 Å². The van der Waals surface area contributed by atoms with Crippen LogP contribution in [0, 0.1) is 0 Å². The summed E-state index contributed by atoms with van der Waals surface area (Å²) < 4.78 is 0. The zero-order chi connectivity index (χ0) is 12.1. The zero-order valence-corrected chi connectivity index (χ0v) is 9.66. The highest BCUT2D eigenvalue weighted by atomic mass is 35.5. The molecule has 1 heterocycles. The van der Waals surface area contributed by atoms with Crippen molar-refractivity contribution < 1.29 is 4.79 Å². The molecule has 3 N–H and O–H groups in total. The maximum Gasteiger partial charge on any atom is 0.319 e. The first kappa shape index (κ1) is 11.5. The van der Waals surface area contributed by atoms with Crippen LogP contribution < -0.4 is 10.6 Å². The number of benzene rings is 1. The number of hydrogen-bond acceptors (Lipinski definition) is 2. The highest BCUT2D eigenvalue weighted by Crippen LogP contribution is 2.19. The number of nitrogens with one attached hydrogen (secondary N) is 3. The van der Waals surface area contributed by atoms with Crippen molar-refractivity contribution in [2.75, 3.05) is 5.32 Å². The number of hydrogen-bond donors (Lipinski definition) is 3. The lowest BCUT2D eigenvalue weighted by molar-refractivity contribution is 0.251. The first-order valence-corrected chi connectivity index (χ1v) is 5.41. The number of anilines is 1. The van der Waals surface area contributed by atoms with E-state index in [9.17, 15) is 4.79 Å². The normalized spacial score (nSPS) is 9.94. The summed E-state index contributed by atoms with van der Waals surface area (Å²) in [7, 11) is 0. The van der Waals surface area contributed by atoms with Gasteiger partial charge in [0.1, 0.15) is 5.82 Å². The molecule has 0 fully saturated rings. The van der Waals surface area contributed by atoms with Crippen LogP contribution in [0.4, 0.5) is 10.5 Å². The van der Waals surface area contributed by atoms with Crippen molar-refractivity contribution in [1.82, 2.24) is 15.3 Å². The van der Waals surface area contributed by atoms with Crippen LogP contribution >= 0.6 is 11.6 Å². The van der Waals surface area contributed by atoms with E-state index in [-0.39, 0.29) is 6.03 Å². The standard InChI is InChI=1S/C11H11ClN4O/c12-8-3-1-2-4-9(8)16-11(17)15-7-10-13-5-6-14-10/h1-6H,7H2,(H,13,14)(H2,15,16,17). The van der Waals surface area contributed by atoms with Gasteiger partial charge < -0.3 is 15.6 Å². The third-order valence-corrected chi connectivity index (χ3v) is 2.42. The van der Waals surface area contributed by atoms with Crippen LogP contribution in [0.15, 0.2) is 36.7 Å². The fourth-order valence-corrected chi connectivity index (χ4v) is 1.47. The molecule has 17 heavy (non-hydrogen) atoms. The molecule has 0 aliphatic rings. The topological polar surface area (TPSA) is 69.8 Å². The van der Waals surface area contributed by atoms with Crippen LogP contribution in [0.3, 0.4) is 0 Å². The Labute approximate surface area is 103 Å². The van der Waals surface area contributed by atoms with Gasteiger partial charge in [-0.25, -0.2) is 9.78 Å². The minimum atomic E-state index is -0.325. The van der Waals surface area contributed by atoms with Gasteiger partial charge in [-0.15, -0.1) is 0 Å². The number of carbonyl (C=O) groups excluding carboxylic acids is 1. The van der Waals surface area contributed by atoms with Crippen LogP contribution in [-0.4, -0.2) is 16.0 Å². The van der Waals surface area contributed by atoms with Crippen molar-refractivity contribution in [1.29, 1.82) is 0 Å². The van der Waals surface area contributed by atoms with Gasteiger partial charge in [0.2, 0.25) is 0 Å². The van der Waals surface area contributed by atoms with E-state index in [1.807, 2.05) is 0 Å². The quantitative estimate of drug-likeness (QED) is 0.783. The molecule has 0 saturated heterocycles. The highest BCUT2D eigenvalue weighted by Gasteiger charge is 2.04. The number of halogens is 1. The minimum Gasteiger partial charge on any atom is -0.347 e. The zero-order valence-electron chi connectivity index (χ0n) is 8.90. The molecule has 6 heteroatoms. The Bertz CT molecular complexity index is 498. The molecule has 2 aromatic rings. The van der Waals surface area contributed by atoms with Crippen molar-refractivity contribution in [3.8, 4) is 0 Å². The molecule has 1 aromatic carbocycles. The first-order chi connectivity index (χ1) is 8.25. The lowest BCUT2D eigenvalue weighted by atomic mass is 10.3. The summed E-state index contributed by atoms with van der Waals surface area (Å²) in [5, 5.41) is 5.81. The van der Waals surface area contributed by atoms with Crippen molar-refractivity contribution in [2.45, 2.75) is 6.54 Å². The molecule has 0 saturated carbocycles. The molecule has 2 amide bonds. The van der Waals surface area contributed by atoms with Gasteiger partial charge in [-0.3, -0.25) is 0 Å². The number of para-hydroxylation sites is 1. The lowest BCUT2D eigenvalue weighted by Crippen LogP contribution is -2.28. The third kappa shape index (κ3) is 3.22. The van der Waals surface area contributed by atoms with Crippen LogP contribution in [-0.2, 0) is 6.54 Å². The molecular weight excluding hydrogens is 240 g/mol. The molecule has 88 valence electrons. The van der Waals surface area contributed by atoms with E-state index in [0.29, 0.717) is 23.1 Å². The number of rotatable bonds is 3. The molecule has 0 unspecified atom stereocenters. The van der Waals surface area contributed by atoms with E-state index in [1.165, 1.54) is 0 Å². The summed E-state index contributed by atoms with van der Waals surface area (Å²) in [6.45, 7) is 0.337. The number of aromatic nitrogens is 2. The summed E-state index contributed by atoms with van der Waals surface area (Å²) in [6, 6.07) is 6.72. The summed E-state index contributed by atoms with van der Waals surface area (Å²) in [5.41, 5.74) is 0.575. The maximum absolute atomic E-state index is 11.5. The molecule has 0 aliphatic carbocycles. The van der Waals surface area contributed by atoms with E-state index < -0.39 is 0 Å². The van der Waals surface area contributed by atoms with E-state index in [4.69, 9.17) is 11.6 Å². The monoisotopic (exact) mass is 250 g/mol. The van der Waals surface area contributed by atoms with E-state index in [2.05, 4.69) is 20.6 Å². The van der Waals surface area contributed by atoms with Crippen molar-refractivity contribution in [3.63, 3.8) is 0 Å². The predicted octanol–water partition coefficient (Wildman–Crippen LogP) is 2.38. The largest absolute Gasteiger partial charge is 0.347 e. The number of urea groups is 1. The second kappa shape index (κ2) is 5.36. The van der Waals surface area contributed by atoms with E-state index >= 15 is 0 Å².